The molecule has 0 saturated carbocycles. The van der Waals surface area contributed by atoms with Gasteiger partial charge in [-0.05, 0) is 44.2 Å². The molecule has 1 aromatic rings. The minimum Gasteiger partial charge on any atom is -0.375 e. The monoisotopic (exact) mass is 296 g/mol. The summed E-state index contributed by atoms with van der Waals surface area (Å²) in [6.07, 6.45) is 0.989. The van der Waals surface area contributed by atoms with Crippen LogP contribution in [0.3, 0.4) is 0 Å². The Morgan fingerprint density at radius 1 is 1.55 bits per heavy atom. The molecule has 5 heteroatoms. The predicted octanol–water partition coefficient (Wildman–Crippen LogP) is 2.04. The molecule has 4 nitrogen and oxygen atoms in total. The van der Waals surface area contributed by atoms with Crippen LogP contribution < -0.4 is 5.32 Å². The van der Waals surface area contributed by atoms with Gasteiger partial charge in [-0.2, -0.15) is 0 Å². The Hall–Kier alpha value is -0.910. The topological polar surface area (TPSA) is 41.6 Å². The van der Waals surface area contributed by atoms with Crippen LogP contribution in [-0.4, -0.2) is 42.6 Å². The highest BCUT2D eigenvalue weighted by molar-refractivity contribution is 7.10. The normalized spacial score (nSPS) is 15.2. The fraction of sp³-hybridized carbons (Fsp3) is 0.667. The van der Waals surface area contributed by atoms with Gasteiger partial charge in [-0.25, -0.2) is 0 Å². The summed E-state index contributed by atoms with van der Waals surface area (Å²) in [6, 6.07) is 2.13. The number of nitrogens with one attached hydrogen (secondary N) is 1. The molecular weight excluding hydrogens is 272 g/mol. The predicted molar refractivity (Wildman–Crippen MR) is 82.0 cm³/mol. The molecule has 1 N–H and O–H groups in total. The van der Waals surface area contributed by atoms with E-state index in [1.807, 2.05) is 25.7 Å². The van der Waals surface area contributed by atoms with Crippen LogP contribution in [0.5, 0.6) is 0 Å². The van der Waals surface area contributed by atoms with Crippen molar-refractivity contribution in [3.05, 3.63) is 21.9 Å². The fourth-order valence-corrected chi connectivity index (χ4v) is 3.38. The zero-order chi connectivity index (χ0) is 14.6. The summed E-state index contributed by atoms with van der Waals surface area (Å²) in [6.45, 7) is 9.41. The smallest absolute Gasteiger partial charge is 0.236 e. The summed E-state index contributed by atoms with van der Waals surface area (Å²) < 4.78 is 5.61. The lowest BCUT2D eigenvalue weighted by atomic mass is 10.1. The molecule has 20 heavy (non-hydrogen) atoms. The van der Waals surface area contributed by atoms with Crippen LogP contribution >= 0.6 is 11.3 Å². The third kappa shape index (κ3) is 4.04. The lowest BCUT2D eigenvalue weighted by Gasteiger charge is -2.29. The summed E-state index contributed by atoms with van der Waals surface area (Å²) in [5.41, 5.74) is 1.08. The van der Waals surface area contributed by atoms with Crippen molar-refractivity contribution >= 4 is 17.2 Å². The number of carbonyl (C=O) groups is 1. The number of ether oxygens (including phenoxy) is 1. The van der Waals surface area contributed by atoms with E-state index in [1.165, 1.54) is 10.4 Å². The third-order valence-electron chi connectivity index (χ3n) is 3.52. The first-order chi connectivity index (χ1) is 9.52. The summed E-state index contributed by atoms with van der Waals surface area (Å²) in [7, 11) is 0. The van der Waals surface area contributed by atoms with E-state index in [0.29, 0.717) is 19.7 Å². The molecule has 1 amide bonds. The highest BCUT2D eigenvalue weighted by Gasteiger charge is 2.22. The Morgan fingerprint density at radius 2 is 2.35 bits per heavy atom. The molecule has 0 spiro atoms. The molecule has 0 radical (unpaired) electrons. The summed E-state index contributed by atoms with van der Waals surface area (Å²) in [5, 5.41) is 5.32. The second-order valence-electron chi connectivity index (χ2n) is 5.73. The second kappa shape index (κ2) is 6.70. The van der Waals surface area contributed by atoms with Gasteiger partial charge in [0.1, 0.15) is 0 Å². The van der Waals surface area contributed by atoms with Crippen LogP contribution in [0.1, 0.15) is 31.2 Å². The lowest BCUT2D eigenvalue weighted by molar-refractivity contribution is -0.131. The minimum absolute atomic E-state index is 0.175. The molecule has 2 rings (SSSR count). The Bertz CT molecular complexity index is 456. The molecule has 1 aliphatic rings. The van der Waals surface area contributed by atoms with Crippen molar-refractivity contribution in [2.24, 2.45) is 0 Å². The molecule has 0 aliphatic carbocycles. The van der Waals surface area contributed by atoms with Gasteiger partial charge in [-0.15, -0.1) is 11.3 Å². The zero-order valence-electron chi connectivity index (χ0n) is 12.6. The van der Waals surface area contributed by atoms with Gasteiger partial charge in [-0.1, -0.05) is 0 Å². The number of carbonyl (C=O) groups excluding carboxylic acids is 1. The maximum atomic E-state index is 12.2. The number of nitrogens with zero attached hydrogens (tertiary/aromatic N) is 1. The highest BCUT2D eigenvalue weighted by Crippen LogP contribution is 2.23. The van der Waals surface area contributed by atoms with E-state index in [0.717, 1.165) is 19.5 Å². The van der Waals surface area contributed by atoms with E-state index in [9.17, 15) is 4.79 Å². The molecule has 0 saturated heterocycles. The Kier molecular flexibility index (Phi) is 5.18. The Morgan fingerprint density at radius 3 is 3.10 bits per heavy atom. The lowest BCUT2D eigenvalue weighted by Crippen LogP contribution is -2.44. The minimum atomic E-state index is -0.225. The van der Waals surface area contributed by atoms with Crippen molar-refractivity contribution in [2.75, 3.05) is 26.2 Å². The SMILES string of the molecule is CCOC(C)(C)CNCC(=O)N1CCc2sccc2C1. The average Bonchev–Trinajstić information content (AvgIpc) is 2.85. The van der Waals surface area contributed by atoms with Crippen LogP contribution in [0.25, 0.3) is 0 Å². The van der Waals surface area contributed by atoms with Crippen LogP contribution in [0.4, 0.5) is 0 Å². The largest absolute Gasteiger partial charge is 0.375 e. The van der Waals surface area contributed by atoms with Crippen molar-refractivity contribution in [3.63, 3.8) is 0 Å². The number of amides is 1. The molecular formula is C15H24N2O2S. The van der Waals surface area contributed by atoms with Crippen LogP contribution in [-0.2, 0) is 22.5 Å². The summed E-state index contributed by atoms with van der Waals surface area (Å²) in [5.74, 6) is 0.175. The first-order valence-electron chi connectivity index (χ1n) is 7.19. The van der Waals surface area contributed by atoms with Crippen LogP contribution in [0.15, 0.2) is 11.4 Å². The van der Waals surface area contributed by atoms with E-state index >= 15 is 0 Å². The Labute approximate surface area is 125 Å². The van der Waals surface area contributed by atoms with Crippen molar-refractivity contribution in [2.45, 2.75) is 39.3 Å². The van der Waals surface area contributed by atoms with Crippen molar-refractivity contribution in [1.82, 2.24) is 10.2 Å². The van der Waals surface area contributed by atoms with Crippen molar-refractivity contribution in [1.29, 1.82) is 0 Å². The first kappa shape index (κ1) is 15.5. The van der Waals surface area contributed by atoms with Crippen LogP contribution in [0.2, 0.25) is 0 Å². The van der Waals surface area contributed by atoms with Gasteiger partial charge in [-0.3, -0.25) is 4.79 Å². The van der Waals surface area contributed by atoms with Crippen molar-refractivity contribution in [3.8, 4) is 0 Å². The van der Waals surface area contributed by atoms with E-state index < -0.39 is 0 Å². The van der Waals surface area contributed by atoms with E-state index in [1.54, 1.807) is 11.3 Å². The molecule has 1 aromatic heterocycles. The molecule has 0 unspecified atom stereocenters. The maximum Gasteiger partial charge on any atom is 0.236 e. The maximum absolute atomic E-state index is 12.2. The number of hydrogen-bond donors (Lipinski definition) is 1. The average molecular weight is 296 g/mol. The van der Waals surface area contributed by atoms with Gasteiger partial charge in [0.25, 0.3) is 0 Å². The van der Waals surface area contributed by atoms with E-state index in [-0.39, 0.29) is 11.5 Å². The van der Waals surface area contributed by atoms with Gasteiger partial charge in [0.05, 0.1) is 12.1 Å². The fourth-order valence-electron chi connectivity index (χ4n) is 2.49. The van der Waals surface area contributed by atoms with Gasteiger partial charge in [0.2, 0.25) is 5.91 Å². The zero-order valence-corrected chi connectivity index (χ0v) is 13.4. The quantitative estimate of drug-likeness (QED) is 0.873. The molecule has 0 aromatic carbocycles. The number of thiophene rings is 1. The van der Waals surface area contributed by atoms with Crippen molar-refractivity contribution < 1.29 is 9.53 Å². The van der Waals surface area contributed by atoms with Gasteiger partial charge in [0, 0.05) is 31.1 Å². The van der Waals surface area contributed by atoms with Gasteiger partial charge >= 0.3 is 0 Å². The summed E-state index contributed by atoms with van der Waals surface area (Å²) >= 11 is 1.80. The van der Waals surface area contributed by atoms with E-state index in [2.05, 4.69) is 16.8 Å². The molecule has 0 atom stereocenters. The van der Waals surface area contributed by atoms with E-state index in [4.69, 9.17) is 4.74 Å². The standard InChI is InChI=1S/C15H24N2O2S/c1-4-19-15(2,3)11-16-9-14(18)17-7-5-13-12(10-17)6-8-20-13/h6,8,16H,4-5,7,9-11H2,1-3H3. The number of rotatable bonds is 6. The molecule has 2 heterocycles. The molecule has 0 fully saturated rings. The highest BCUT2D eigenvalue weighted by atomic mass is 32.1. The van der Waals surface area contributed by atoms with Gasteiger partial charge < -0.3 is 15.0 Å². The third-order valence-corrected chi connectivity index (χ3v) is 4.55. The summed E-state index contributed by atoms with van der Waals surface area (Å²) in [4.78, 5) is 15.6. The molecule has 1 aliphatic heterocycles. The molecule has 0 bridgehead atoms. The Balaban J connectivity index is 1.76. The number of fused-ring (bicyclic) bond motifs is 1. The number of hydrogen-bond acceptors (Lipinski definition) is 4. The second-order valence-corrected chi connectivity index (χ2v) is 6.73. The first-order valence-corrected chi connectivity index (χ1v) is 8.07. The molecule has 112 valence electrons. The van der Waals surface area contributed by atoms with Gasteiger partial charge in [0.15, 0.2) is 0 Å². The van der Waals surface area contributed by atoms with Crippen LogP contribution in [0, 0.1) is 0 Å².